The number of benzene rings is 1. The average molecular weight is 314 g/mol. The van der Waals surface area contributed by atoms with Crippen LogP contribution in [0.2, 0.25) is 0 Å². The van der Waals surface area contributed by atoms with Crippen molar-refractivity contribution in [1.29, 1.82) is 0 Å². The Kier molecular flexibility index (Phi) is 4.50. The number of fused-ring (bicyclic) bond motifs is 1. The van der Waals surface area contributed by atoms with Crippen molar-refractivity contribution in [2.75, 3.05) is 19.6 Å². The van der Waals surface area contributed by atoms with Crippen LogP contribution in [0, 0.1) is 0 Å². The van der Waals surface area contributed by atoms with Gasteiger partial charge < -0.3 is 20.5 Å². The van der Waals surface area contributed by atoms with Crippen LogP contribution in [0.1, 0.15) is 30.1 Å². The second kappa shape index (κ2) is 6.73. The second-order valence-corrected chi connectivity index (χ2v) is 5.85. The zero-order chi connectivity index (χ0) is 16.2. The molecule has 0 unspecified atom stereocenters. The molecule has 2 heterocycles. The molecule has 6 heteroatoms. The van der Waals surface area contributed by atoms with Gasteiger partial charge in [0.05, 0.1) is 0 Å². The Balaban J connectivity index is 1.55. The molecular weight excluding hydrogens is 292 g/mol. The average Bonchev–Trinajstić information content (AvgIpc) is 3.03. The Labute approximate surface area is 135 Å². The summed E-state index contributed by atoms with van der Waals surface area (Å²) in [7, 11) is 0. The number of piperidine rings is 1. The Morgan fingerprint density at radius 3 is 2.78 bits per heavy atom. The van der Waals surface area contributed by atoms with E-state index < -0.39 is 0 Å². The van der Waals surface area contributed by atoms with Crippen LogP contribution in [0.25, 0.3) is 10.9 Å². The second-order valence-electron chi connectivity index (χ2n) is 5.85. The van der Waals surface area contributed by atoms with Crippen LogP contribution in [0.5, 0.6) is 0 Å². The first-order valence-electron chi connectivity index (χ1n) is 8.08. The molecule has 0 saturated carbocycles. The third-order valence-electron chi connectivity index (χ3n) is 4.26. The number of carbonyl (C=O) groups is 2. The quantitative estimate of drug-likeness (QED) is 0.811. The molecule has 0 radical (unpaired) electrons. The van der Waals surface area contributed by atoms with E-state index in [-0.39, 0.29) is 18.0 Å². The van der Waals surface area contributed by atoms with Gasteiger partial charge >= 0.3 is 6.03 Å². The maximum Gasteiger partial charge on any atom is 0.317 e. The number of hydrogen-bond donors (Lipinski definition) is 3. The van der Waals surface area contributed by atoms with Gasteiger partial charge in [-0.25, -0.2) is 4.79 Å². The highest BCUT2D eigenvalue weighted by atomic mass is 16.2. The molecule has 6 nitrogen and oxygen atoms in total. The summed E-state index contributed by atoms with van der Waals surface area (Å²) in [5, 5.41) is 6.97. The summed E-state index contributed by atoms with van der Waals surface area (Å²) in [5.74, 6) is -0.0574. The van der Waals surface area contributed by atoms with Gasteiger partial charge in [-0.2, -0.15) is 0 Å². The number of urea groups is 1. The summed E-state index contributed by atoms with van der Waals surface area (Å²) in [5.41, 5.74) is 1.62. The molecule has 0 spiro atoms. The number of carbonyl (C=O) groups excluding carboxylic acids is 2. The summed E-state index contributed by atoms with van der Waals surface area (Å²) in [6.45, 7) is 3.89. The number of nitrogens with zero attached hydrogens (tertiary/aromatic N) is 1. The smallest absolute Gasteiger partial charge is 0.317 e. The molecule has 1 aliphatic heterocycles. The highest BCUT2D eigenvalue weighted by Crippen LogP contribution is 2.15. The van der Waals surface area contributed by atoms with Crippen molar-refractivity contribution in [2.45, 2.75) is 25.8 Å². The van der Waals surface area contributed by atoms with E-state index in [4.69, 9.17) is 0 Å². The number of nitrogens with one attached hydrogen (secondary N) is 3. The number of amides is 3. The van der Waals surface area contributed by atoms with Crippen molar-refractivity contribution in [3.63, 3.8) is 0 Å². The molecule has 0 bridgehead atoms. The fraction of sp³-hybridized carbons (Fsp3) is 0.412. The van der Waals surface area contributed by atoms with Gasteiger partial charge in [0.1, 0.15) is 0 Å². The van der Waals surface area contributed by atoms with Crippen LogP contribution in [-0.2, 0) is 0 Å². The Morgan fingerprint density at radius 2 is 2.04 bits per heavy atom. The van der Waals surface area contributed by atoms with E-state index in [0.717, 1.165) is 23.7 Å². The first kappa shape index (κ1) is 15.4. The Bertz CT molecular complexity index is 701. The van der Waals surface area contributed by atoms with Crippen molar-refractivity contribution in [3.05, 3.63) is 36.0 Å². The molecule has 122 valence electrons. The summed E-state index contributed by atoms with van der Waals surface area (Å²) in [6, 6.07) is 7.73. The number of rotatable bonds is 3. The van der Waals surface area contributed by atoms with E-state index in [1.807, 2.05) is 37.4 Å². The molecule has 3 amide bonds. The lowest BCUT2D eigenvalue weighted by molar-refractivity contribution is 0.0918. The van der Waals surface area contributed by atoms with Crippen LogP contribution in [0.3, 0.4) is 0 Å². The number of aromatic amines is 1. The standard InChI is InChI=1S/C17H22N4O2/c1-2-18-17(23)21-9-6-14(7-10-21)20-16(22)13-4-3-12-5-8-19-15(12)11-13/h3-5,8,11,14,19H,2,6-7,9-10H2,1H3,(H,18,23)(H,20,22). The van der Waals surface area contributed by atoms with Gasteiger partial charge in [-0.05, 0) is 43.4 Å². The van der Waals surface area contributed by atoms with Crippen molar-refractivity contribution < 1.29 is 9.59 Å². The van der Waals surface area contributed by atoms with Gasteiger partial charge in [0.25, 0.3) is 5.91 Å². The van der Waals surface area contributed by atoms with Gasteiger partial charge in [-0.1, -0.05) is 6.07 Å². The lowest BCUT2D eigenvalue weighted by atomic mass is 10.0. The molecular formula is C17H22N4O2. The topological polar surface area (TPSA) is 77.2 Å². The highest BCUT2D eigenvalue weighted by Gasteiger charge is 2.23. The van der Waals surface area contributed by atoms with Crippen molar-refractivity contribution in [3.8, 4) is 0 Å². The zero-order valence-corrected chi connectivity index (χ0v) is 13.3. The first-order chi connectivity index (χ1) is 11.2. The lowest BCUT2D eigenvalue weighted by Gasteiger charge is -2.32. The van der Waals surface area contributed by atoms with E-state index >= 15 is 0 Å². The molecule has 1 saturated heterocycles. The van der Waals surface area contributed by atoms with Crippen LogP contribution in [0.4, 0.5) is 4.79 Å². The molecule has 1 aromatic carbocycles. The molecule has 2 aromatic rings. The van der Waals surface area contributed by atoms with Crippen molar-refractivity contribution >= 4 is 22.8 Å². The maximum absolute atomic E-state index is 12.4. The van der Waals surface area contributed by atoms with E-state index in [1.165, 1.54) is 0 Å². The zero-order valence-electron chi connectivity index (χ0n) is 13.3. The Morgan fingerprint density at radius 1 is 1.26 bits per heavy atom. The molecule has 1 fully saturated rings. The van der Waals surface area contributed by atoms with Crippen LogP contribution < -0.4 is 10.6 Å². The number of H-pyrrole nitrogens is 1. The van der Waals surface area contributed by atoms with Crippen molar-refractivity contribution in [1.82, 2.24) is 20.5 Å². The van der Waals surface area contributed by atoms with Gasteiger partial charge in [0, 0.05) is 43.0 Å². The fourth-order valence-electron chi connectivity index (χ4n) is 2.95. The van der Waals surface area contributed by atoms with Gasteiger partial charge in [0.2, 0.25) is 0 Å². The minimum atomic E-state index is -0.0574. The largest absolute Gasteiger partial charge is 0.361 e. The molecule has 1 aromatic heterocycles. The molecule has 1 aliphatic rings. The lowest BCUT2D eigenvalue weighted by Crippen LogP contribution is -2.49. The van der Waals surface area contributed by atoms with Crippen molar-refractivity contribution in [2.24, 2.45) is 0 Å². The third-order valence-corrected chi connectivity index (χ3v) is 4.26. The minimum Gasteiger partial charge on any atom is -0.361 e. The molecule has 3 rings (SSSR count). The van der Waals surface area contributed by atoms with Crippen LogP contribution in [-0.4, -0.2) is 47.5 Å². The highest BCUT2D eigenvalue weighted by molar-refractivity contribution is 5.98. The SMILES string of the molecule is CCNC(=O)N1CCC(NC(=O)c2ccc3cc[nH]c3c2)CC1. The molecule has 0 aliphatic carbocycles. The van der Waals surface area contributed by atoms with Crippen LogP contribution >= 0.6 is 0 Å². The molecule has 3 N–H and O–H groups in total. The third kappa shape index (κ3) is 3.47. The molecule has 23 heavy (non-hydrogen) atoms. The minimum absolute atomic E-state index is 0.0190. The first-order valence-corrected chi connectivity index (χ1v) is 8.08. The fourth-order valence-corrected chi connectivity index (χ4v) is 2.95. The number of aromatic nitrogens is 1. The van der Waals surface area contributed by atoms with E-state index in [0.29, 0.717) is 25.2 Å². The van der Waals surface area contributed by atoms with Gasteiger partial charge in [-0.15, -0.1) is 0 Å². The predicted octanol–water partition coefficient (Wildman–Crippen LogP) is 2.09. The number of hydrogen-bond acceptors (Lipinski definition) is 2. The van der Waals surface area contributed by atoms with Crippen LogP contribution in [0.15, 0.2) is 30.5 Å². The maximum atomic E-state index is 12.4. The van der Waals surface area contributed by atoms with Gasteiger partial charge in [-0.3, -0.25) is 4.79 Å². The monoisotopic (exact) mass is 314 g/mol. The predicted molar refractivity (Wildman–Crippen MR) is 89.4 cm³/mol. The van der Waals surface area contributed by atoms with Gasteiger partial charge in [0.15, 0.2) is 0 Å². The summed E-state index contributed by atoms with van der Waals surface area (Å²) < 4.78 is 0. The summed E-state index contributed by atoms with van der Waals surface area (Å²) >= 11 is 0. The summed E-state index contributed by atoms with van der Waals surface area (Å²) in [6.07, 6.45) is 3.44. The normalized spacial score (nSPS) is 15.6. The summed E-state index contributed by atoms with van der Waals surface area (Å²) in [4.78, 5) is 29.1. The van der Waals surface area contributed by atoms with E-state index in [2.05, 4.69) is 15.6 Å². The van der Waals surface area contributed by atoms with E-state index in [9.17, 15) is 9.59 Å². The Hall–Kier alpha value is -2.50. The molecule has 0 atom stereocenters. The number of likely N-dealkylation sites (tertiary alicyclic amines) is 1. The van der Waals surface area contributed by atoms with E-state index in [1.54, 1.807) is 4.90 Å².